The third-order valence-electron chi connectivity index (χ3n) is 4.52. The van der Waals surface area contributed by atoms with Gasteiger partial charge in [0.25, 0.3) is 0 Å². The molecule has 0 fully saturated rings. The molecule has 1 aromatic heterocycles. The van der Waals surface area contributed by atoms with Gasteiger partial charge in [0.1, 0.15) is 29.7 Å². The maximum absolute atomic E-state index is 13.1. The number of rotatable bonds is 8. The number of aliphatic carboxylic acids is 1. The van der Waals surface area contributed by atoms with Crippen molar-refractivity contribution in [2.24, 2.45) is 4.99 Å². The fraction of sp³-hybridized carbons (Fsp3) is 0.174. The fourth-order valence-corrected chi connectivity index (χ4v) is 2.94. The van der Waals surface area contributed by atoms with E-state index >= 15 is 0 Å². The molecular weight excluding hydrogens is 415 g/mol. The predicted octanol–water partition coefficient (Wildman–Crippen LogP) is 3.55. The Morgan fingerprint density at radius 1 is 1.03 bits per heavy atom. The van der Waals surface area contributed by atoms with Gasteiger partial charge in [-0.25, -0.2) is 14.4 Å². The molecule has 8 nitrogen and oxygen atoms in total. The van der Waals surface area contributed by atoms with Crippen LogP contribution >= 0.6 is 0 Å². The zero-order valence-corrected chi connectivity index (χ0v) is 17.6. The maximum atomic E-state index is 13.1. The molecule has 2 aromatic carbocycles. The molecule has 0 aliphatic heterocycles. The molecule has 0 spiro atoms. The molecule has 9 heteroatoms. The van der Waals surface area contributed by atoms with Gasteiger partial charge in [0, 0.05) is 11.8 Å². The second kappa shape index (κ2) is 10.8. The second-order valence-corrected chi connectivity index (χ2v) is 6.62. The van der Waals surface area contributed by atoms with E-state index in [1.165, 1.54) is 12.1 Å². The Balaban J connectivity index is 1.80. The Hall–Kier alpha value is -4.14. The van der Waals surface area contributed by atoms with Crippen LogP contribution in [0.5, 0.6) is 11.5 Å². The van der Waals surface area contributed by atoms with Crippen molar-refractivity contribution in [3.63, 3.8) is 0 Å². The van der Waals surface area contributed by atoms with Crippen LogP contribution in [0.2, 0.25) is 0 Å². The van der Waals surface area contributed by atoms with Gasteiger partial charge >= 0.3 is 5.97 Å². The minimum atomic E-state index is -1.03. The molecule has 1 heterocycles. The number of aromatic nitrogens is 1. The lowest BCUT2D eigenvalue weighted by atomic mass is 10.1. The number of ether oxygens (including phenoxy) is 2. The Bertz CT molecular complexity index is 1060. The number of carboxylic acids is 1. The largest absolute Gasteiger partial charge is 0.496 e. The SMILES string of the molecule is COc1cccc(OC)c1CN=C(NCC(=O)O)Nc1ccc(-c2ccc(F)cc2)cn1. The summed E-state index contributed by atoms with van der Waals surface area (Å²) in [4.78, 5) is 19.8. The number of guanidine groups is 1. The number of aliphatic imine (C=N–C) groups is 1. The number of carboxylic acid groups (broad SMARTS) is 1. The highest BCUT2D eigenvalue weighted by molar-refractivity contribution is 5.94. The minimum absolute atomic E-state index is 0.176. The number of nitrogens with one attached hydrogen (secondary N) is 2. The monoisotopic (exact) mass is 438 g/mol. The Morgan fingerprint density at radius 2 is 1.69 bits per heavy atom. The zero-order valence-electron chi connectivity index (χ0n) is 17.6. The predicted molar refractivity (Wildman–Crippen MR) is 120 cm³/mol. The number of benzene rings is 2. The summed E-state index contributed by atoms with van der Waals surface area (Å²) in [6.07, 6.45) is 1.63. The Labute approximate surface area is 184 Å². The molecule has 0 saturated carbocycles. The molecule has 3 N–H and O–H groups in total. The number of hydrogen-bond donors (Lipinski definition) is 3. The van der Waals surface area contributed by atoms with Gasteiger partial charge in [-0.05, 0) is 42.0 Å². The molecule has 3 aromatic rings. The molecule has 0 saturated heterocycles. The lowest BCUT2D eigenvalue weighted by molar-refractivity contribution is -0.135. The quantitative estimate of drug-likeness (QED) is 0.365. The second-order valence-electron chi connectivity index (χ2n) is 6.62. The van der Waals surface area contributed by atoms with Crippen LogP contribution in [0, 0.1) is 5.82 Å². The summed E-state index contributed by atoms with van der Waals surface area (Å²) in [7, 11) is 3.10. The molecular formula is C23H23FN4O4. The normalized spacial score (nSPS) is 11.0. The summed E-state index contributed by atoms with van der Waals surface area (Å²) < 4.78 is 23.9. The number of halogens is 1. The van der Waals surface area contributed by atoms with E-state index in [9.17, 15) is 9.18 Å². The van der Waals surface area contributed by atoms with Gasteiger partial charge in [-0.1, -0.05) is 18.2 Å². The van der Waals surface area contributed by atoms with Gasteiger partial charge in [-0.3, -0.25) is 4.79 Å². The van der Waals surface area contributed by atoms with Crippen LogP contribution < -0.4 is 20.1 Å². The first-order valence-electron chi connectivity index (χ1n) is 9.69. The lowest BCUT2D eigenvalue weighted by Crippen LogP contribution is -2.35. The van der Waals surface area contributed by atoms with Crippen molar-refractivity contribution in [1.29, 1.82) is 0 Å². The summed E-state index contributed by atoms with van der Waals surface area (Å²) in [5, 5.41) is 14.8. The zero-order chi connectivity index (χ0) is 22.9. The van der Waals surface area contributed by atoms with Crippen molar-refractivity contribution in [2.75, 3.05) is 26.1 Å². The number of methoxy groups -OCH3 is 2. The fourth-order valence-electron chi connectivity index (χ4n) is 2.94. The van der Waals surface area contributed by atoms with Crippen molar-refractivity contribution in [3.05, 3.63) is 72.2 Å². The van der Waals surface area contributed by atoms with Crippen molar-refractivity contribution in [2.45, 2.75) is 6.54 Å². The van der Waals surface area contributed by atoms with Crippen molar-refractivity contribution in [1.82, 2.24) is 10.3 Å². The van der Waals surface area contributed by atoms with Crippen LogP contribution in [0.15, 0.2) is 65.8 Å². The third kappa shape index (κ3) is 5.94. The summed E-state index contributed by atoms with van der Waals surface area (Å²) >= 11 is 0. The van der Waals surface area contributed by atoms with Gasteiger partial charge in [-0.2, -0.15) is 0 Å². The average Bonchev–Trinajstić information content (AvgIpc) is 2.81. The Morgan fingerprint density at radius 3 is 2.25 bits per heavy atom. The molecule has 0 unspecified atom stereocenters. The number of nitrogens with zero attached hydrogens (tertiary/aromatic N) is 2. The average molecular weight is 438 g/mol. The maximum Gasteiger partial charge on any atom is 0.322 e. The topological polar surface area (TPSA) is 105 Å². The third-order valence-corrected chi connectivity index (χ3v) is 4.52. The van der Waals surface area contributed by atoms with E-state index in [1.54, 1.807) is 56.8 Å². The van der Waals surface area contributed by atoms with Gasteiger partial charge < -0.3 is 25.2 Å². The standard InChI is InChI=1S/C23H23FN4O4/c1-31-19-4-3-5-20(32-2)18(19)13-26-23(27-14-22(29)30)28-21-11-8-16(12-25-21)15-6-9-17(24)10-7-15/h3-12H,13-14H2,1-2H3,(H,29,30)(H2,25,26,27,28). The van der Waals surface area contributed by atoms with E-state index in [4.69, 9.17) is 14.6 Å². The highest BCUT2D eigenvalue weighted by Gasteiger charge is 2.11. The molecule has 0 aliphatic rings. The first-order chi connectivity index (χ1) is 15.5. The highest BCUT2D eigenvalue weighted by atomic mass is 19.1. The summed E-state index contributed by atoms with van der Waals surface area (Å²) in [5.74, 6) is 0.549. The Kier molecular flexibility index (Phi) is 7.58. The van der Waals surface area contributed by atoms with Crippen LogP contribution in [0.1, 0.15) is 5.56 Å². The van der Waals surface area contributed by atoms with E-state index in [-0.39, 0.29) is 24.9 Å². The molecule has 32 heavy (non-hydrogen) atoms. The van der Waals surface area contributed by atoms with Gasteiger partial charge in [-0.15, -0.1) is 0 Å². The summed E-state index contributed by atoms with van der Waals surface area (Å²) in [6.45, 7) is -0.154. The van der Waals surface area contributed by atoms with Gasteiger partial charge in [0.2, 0.25) is 0 Å². The molecule has 0 radical (unpaired) electrons. The molecule has 0 atom stereocenters. The molecule has 0 bridgehead atoms. The van der Waals surface area contributed by atoms with Gasteiger partial charge in [0.15, 0.2) is 5.96 Å². The van der Waals surface area contributed by atoms with Gasteiger partial charge in [0.05, 0.1) is 26.3 Å². The van der Waals surface area contributed by atoms with Crippen LogP contribution in [-0.4, -0.2) is 42.8 Å². The van der Waals surface area contributed by atoms with E-state index in [0.29, 0.717) is 22.9 Å². The van der Waals surface area contributed by atoms with Crippen molar-refractivity contribution < 1.29 is 23.8 Å². The van der Waals surface area contributed by atoms with Crippen molar-refractivity contribution >= 4 is 17.7 Å². The number of anilines is 1. The van der Waals surface area contributed by atoms with Crippen LogP contribution in [0.3, 0.4) is 0 Å². The summed E-state index contributed by atoms with van der Waals surface area (Å²) in [6, 6.07) is 15.0. The highest BCUT2D eigenvalue weighted by Crippen LogP contribution is 2.29. The smallest absolute Gasteiger partial charge is 0.322 e. The van der Waals surface area contributed by atoms with Crippen LogP contribution in [-0.2, 0) is 11.3 Å². The summed E-state index contributed by atoms with van der Waals surface area (Å²) in [5.41, 5.74) is 2.35. The first kappa shape index (κ1) is 22.5. The van der Waals surface area contributed by atoms with E-state index in [0.717, 1.165) is 11.1 Å². The van der Waals surface area contributed by atoms with E-state index < -0.39 is 5.97 Å². The number of pyridine rings is 1. The van der Waals surface area contributed by atoms with E-state index in [2.05, 4.69) is 20.6 Å². The number of hydrogen-bond acceptors (Lipinski definition) is 5. The minimum Gasteiger partial charge on any atom is -0.496 e. The number of carbonyl (C=O) groups is 1. The molecule has 3 rings (SSSR count). The molecule has 0 amide bonds. The molecule has 166 valence electrons. The lowest BCUT2D eigenvalue weighted by Gasteiger charge is -2.14. The molecule has 0 aliphatic carbocycles. The van der Waals surface area contributed by atoms with Crippen LogP contribution in [0.4, 0.5) is 10.2 Å². The van der Waals surface area contributed by atoms with Crippen molar-refractivity contribution in [3.8, 4) is 22.6 Å². The van der Waals surface area contributed by atoms with Crippen LogP contribution in [0.25, 0.3) is 11.1 Å². The first-order valence-corrected chi connectivity index (χ1v) is 9.69. The van der Waals surface area contributed by atoms with E-state index in [1.807, 2.05) is 6.07 Å².